The average Bonchev–Trinajstić information content (AvgIpc) is 2.49. The third-order valence-corrected chi connectivity index (χ3v) is 4.09. The molecule has 1 N–H and O–H groups in total. The van der Waals surface area contributed by atoms with Crippen LogP contribution in [0.4, 0.5) is 0 Å². The van der Waals surface area contributed by atoms with Crippen molar-refractivity contribution in [2.45, 2.75) is 23.3 Å². The molecule has 1 heterocycles. The van der Waals surface area contributed by atoms with Crippen LogP contribution in [0.1, 0.15) is 18.4 Å². The largest absolute Gasteiger partial charge is 0.497 e. The summed E-state index contributed by atoms with van der Waals surface area (Å²) in [5.41, 5.74) is 0.0660. The maximum absolute atomic E-state index is 10.5. The van der Waals surface area contributed by atoms with Gasteiger partial charge in [-0.1, -0.05) is 18.7 Å². The van der Waals surface area contributed by atoms with Gasteiger partial charge in [0.25, 0.3) is 0 Å². The minimum Gasteiger partial charge on any atom is -0.497 e. The monoisotopic (exact) mass is 236 g/mol. The fraction of sp³-hybridized carbons (Fsp3) is 0.385. The zero-order valence-corrected chi connectivity index (χ0v) is 10.2. The average molecular weight is 236 g/mol. The number of fused-ring (bicyclic) bond motifs is 1. The van der Waals surface area contributed by atoms with Gasteiger partial charge in [-0.15, -0.1) is 11.8 Å². The van der Waals surface area contributed by atoms with E-state index in [9.17, 15) is 5.11 Å². The molecule has 0 aliphatic carbocycles. The molecule has 3 heteroatoms. The van der Waals surface area contributed by atoms with Gasteiger partial charge in [0.15, 0.2) is 0 Å². The molecular formula is C13H16O2S. The van der Waals surface area contributed by atoms with Crippen molar-refractivity contribution < 1.29 is 9.84 Å². The van der Waals surface area contributed by atoms with Crippen molar-refractivity contribution in [1.29, 1.82) is 0 Å². The summed E-state index contributed by atoms with van der Waals surface area (Å²) in [6.07, 6.45) is 3.37. The van der Waals surface area contributed by atoms with Gasteiger partial charge in [-0.3, -0.25) is 0 Å². The van der Waals surface area contributed by atoms with E-state index in [0.29, 0.717) is 0 Å². The van der Waals surface area contributed by atoms with Gasteiger partial charge in [0.1, 0.15) is 11.4 Å². The molecule has 16 heavy (non-hydrogen) atoms. The Morgan fingerprint density at radius 1 is 1.56 bits per heavy atom. The molecule has 86 valence electrons. The summed E-state index contributed by atoms with van der Waals surface area (Å²) in [4.78, 5) is 1.10. The first-order valence-electron chi connectivity index (χ1n) is 5.37. The van der Waals surface area contributed by atoms with Crippen LogP contribution in [0.2, 0.25) is 0 Å². The number of methoxy groups -OCH3 is 1. The van der Waals surface area contributed by atoms with E-state index < -0.39 is 5.60 Å². The van der Waals surface area contributed by atoms with E-state index in [0.717, 1.165) is 34.8 Å². The molecule has 0 spiro atoms. The van der Waals surface area contributed by atoms with Gasteiger partial charge in [0.05, 0.1) is 7.11 Å². The molecular weight excluding hydrogens is 220 g/mol. The maximum Gasteiger partial charge on any atom is 0.120 e. The summed E-state index contributed by atoms with van der Waals surface area (Å²) in [5, 5.41) is 10.5. The summed E-state index contributed by atoms with van der Waals surface area (Å²) >= 11 is 1.77. The topological polar surface area (TPSA) is 29.5 Å². The van der Waals surface area contributed by atoms with E-state index in [1.54, 1.807) is 24.9 Å². The summed E-state index contributed by atoms with van der Waals surface area (Å²) in [6.45, 7) is 3.75. The van der Waals surface area contributed by atoms with Crippen molar-refractivity contribution in [3.63, 3.8) is 0 Å². The standard InChI is InChI=1S/C13H16O2S/c1-3-13(14)7-4-8-16-12-9-10(15-2)5-6-11(12)13/h3,5-6,9,14H,1,4,7-8H2,2H3. The zero-order chi connectivity index (χ0) is 11.6. The minimum atomic E-state index is -0.884. The highest BCUT2D eigenvalue weighted by atomic mass is 32.2. The second-order valence-corrected chi connectivity index (χ2v) is 5.08. The number of aliphatic hydroxyl groups is 1. The van der Waals surface area contributed by atoms with Crippen molar-refractivity contribution in [1.82, 2.24) is 0 Å². The molecule has 0 saturated carbocycles. The van der Waals surface area contributed by atoms with Crippen LogP contribution in [0.5, 0.6) is 5.75 Å². The summed E-state index contributed by atoms with van der Waals surface area (Å²) in [6, 6.07) is 5.81. The van der Waals surface area contributed by atoms with E-state index in [1.807, 2.05) is 18.2 Å². The lowest BCUT2D eigenvalue weighted by molar-refractivity contribution is 0.0776. The second-order valence-electron chi connectivity index (χ2n) is 3.94. The Kier molecular flexibility index (Phi) is 3.26. The molecule has 2 nitrogen and oxygen atoms in total. The van der Waals surface area contributed by atoms with Crippen molar-refractivity contribution in [3.05, 3.63) is 36.4 Å². The van der Waals surface area contributed by atoms with Crippen molar-refractivity contribution in [2.24, 2.45) is 0 Å². The second kappa shape index (κ2) is 4.52. The van der Waals surface area contributed by atoms with E-state index in [1.165, 1.54) is 0 Å². The summed E-state index contributed by atoms with van der Waals surface area (Å²) in [5.74, 6) is 1.86. The van der Waals surface area contributed by atoms with Gasteiger partial charge in [-0.05, 0) is 30.7 Å². The third-order valence-electron chi connectivity index (χ3n) is 2.95. The number of ether oxygens (including phenoxy) is 1. The molecule has 1 unspecified atom stereocenters. The Bertz CT molecular complexity index is 403. The van der Waals surface area contributed by atoms with Crippen LogP contribution in [0.25, 0.3) is 0 Å². The van der Waals surface area contributed by atoms with Gasteiger partial charge >= 0.3 is 0 Å². The fourth-order valence-electron chi connectivity index (χ4n) is 1.98. The SMILES string of the molecule is C=CC1(O)CCCSc2cc(OC)ccc21. The normalized spacial score (nSPS) is 24.4. The Morgan fingerprint density at radius 2 is 2.38 bits per heavy atom. The Balaban J connectivity index is 2.50. The molecule has 0 amide bonds. The van der Waals surface area contributed by atoms with E-state index in [4.69, 9.17) is 4.74 Å². The molecule has 1 atom stereocenters. The number of benzene rings is 1. The number of hydrogen-bond donors (Lipinski definition) is 1. The van der Waals surface area contributed by atoms with Crippen LogP contribution in [-0.2, 0) is 5.60 Å². The molecule has 1 aliphatic heterocycles. The quantitative estimate of drug-likeness (QED) is 0.801. The molecule has 1 aromatic rings. The molecule has 0 radical (unpaired) electrons. The first-order chi connectivity index (χ1) is 7.69. The maximum atomic E-state index is 10.5. The highest BCUT2D eigenvalue weighted by Gasteiger charge is 2.30. The van der Waals surface area contributed by atoms with Crippen LogP contribution >= 0.6 is 11.8 Å². The first kappa shape index (κ1) is 11.6. The smallest absolute Gasteiger partial charge is 0.120 e. The van der Waals surface area contributed by atoms with Crippen LogP contribution in [-0.4, -0.2) is 18.0 Å². The number of hydrogen-bond acceptors (Lipinski definition) is 3. The Morgan fingerprint density at radius 3 is 3.06 bits per heavy atom. The number of rotatable bonds is 2. The van der Waals surface area contributed by atoms with Gasteiger partial charge in [0, 0.05) is 10.5 Å². The van der Waals surface area contributed by atoms with Gasteiger partial charge in [0.2, 0.25) is 0 Å². The molecule has 0 aromatic heterocycles. The lowest BCUT2D eigenvalue weighted by Gasteiger charge is -2.24. The van der Waals surface area contributed by atoms with Crippen LogP contribution < -0.4 is 4.74 Å². The summed E-state index contributed by atoms with van der Waals surface area (Å²) < 4.78 is 5.20. The minimum absolute atomic E-state index is 0.739. The molecule has 0 fully saturated rings. The van der Waals surface area contributed by atoms with Gasteiger partial charge in [-0.25, -0.2) is 0 Å². The first-order valence-corrected chi connectivity index (χ1v) is 6.35. The van der Waals surface area contributed by atoms with E-state index in [2.05, 4.69) is 6.58 Å². The molecule has 2 rings (SSSR count). The highest BCUT2D eigenvalue weighted by Crippen LogP contribution is 2.40. The van der Waals surface area contributed by atoms with Crippen molar-refractivity contribution in [2.75, 3.05) is 12.9 Å². The Hall–Kier alpha value is -0.930. The molecule has 0 saturated heterocycles. The van der Waals surface area contributed by atoms with Crippen LogP contribution in [0, 0.1) is 0 Å². The highest BCUT2D eigenvalue weighted by molar-refractivity contribution is 7.99. The Labute approximate surface area is 100 Å². The predicted octanol–water partition coefficient (Wildman–Crippen LogP) is 2.95. The van der Waals surface area contributed by atoms with Crippen molar-refractivity contribution >= 4 is 11.8 Å². The predicted molar refractivity (Wildman–Crippen MR) is 67.0 cm³/mol. The van der Waals surface area contributed by atoms with Crippen LogP contribution in [0.15, 0.2) is 35.7 Å². The van der Waals surface area contributed by atoms with Gasteiger partial charge in [-0.2, -0.15) is 0 Å². The number of thioether (sulfide) groups is 1. The van der Waals surface area contributed by atoms with E-state index >= 15 is 0 Å². The molecule has 0 bridgehead atoms. The third kappa shape index (κ3) is 1.97. The van der Waals surface area contributed by atoms with Gasteiger partial charge < -0.3 is 9.84 Å². The summed E-state index contributed by atoms with van der Waals surface area (Å²) in [7, 11) is 1.66. The lowest BCUT2D eigenvalue weighted by Crippen LogP contribution is -2.22. The fourth-order valence-corrected chi connectivity index (χ4v) is 3.09. The van der Waals surface area contributed by atoms with Crippen LogP contribution in [0.3, 0.4) is 0 Å². The molecule has 1 aliphatic rings. The zero-order valence-electron chi connectivity index (χ0n) is 9.40. The lowest BCUT2D eigenvalue weighted by atomic mass is 9.89. The van der Waals surface area contributed by atoms with Crippen molar-refractivity contribution in [3.8, 4) is 5.75 Å². The van der Waals surface area contributed by atoms with E-state index in [-0.39, 0.29) is 0 Å². The molecule has 1 aromatic carbocycles.